The maximum atomic E-state index is 12.9. The molecule has 8 heteroatoms. The number of methoxy groups -OCH3 is 2. The van der Waals surface area contributed by atoms with Crippen LogP contribution < -0.4 is 15.8 Å². The molecule has 2 aromatic heterocycles. The lowest BCUT2D eigenvalue weighted by atomic mass is 10.1. The third kappa shape index (κ3) is 3.93. The number of fused-ring (bicyclic) bond motifs is 1. The van der Waals surface area contributed by atoms with Crippen LogP contribution >= 0.6 is 11.3 Å². The van der Waals surface area contributed by atoms with E-state index >= 15 is 0 Å². The number of nitrogens with zero attached hydrogens (tertiary/aromatic N) is 1. The fourth-order valence-electron chi connectivity index (χ4n) is 3.15. The fraction of sp³-hybridized carbons (Fsp3) is 0.0870. The summed E-state index contributed by atoms with van der Waals surface area (Å²) >= 11 is 1.20. The highest BCUT2D eigenvalue weighted by atomic mass is 32.1. The van der Waals surface area contributed by atoms with E-state index in [2.05, 4.69) is 10.3 Å². The summed E-state index contributed by atoms with van der Waals surface area (Å²) in [5.74, 6) is -0.190. The van der Waals surface area contributed by atoms with Gasteiger partial charge in [-0.2, -0.15) is 0 Å². The van der Waals surface area contributed by atoms with Gasteiger partial charge in [0.1, 0.15) is 15.5 Å². The molecule has 4 aromatic rings. The molecule has 0 fully saturated rings. The quantitative estimate of drug-likeness (QED) is 0.446. The molecule has 1 amide bonds. The third-order valence-corrected chi connectivity index (χ3v) is 5.88. The van der Waals surface area contributed by atoms with E-state index in [1.807, 2.05) is 36.4 Å². The van der Waals surface area contributed by atoms with E-state index in [0.29, 0.717) is 26.5 Å². The topological polar surface area (TPSA) is 104 Å². The van der Waals surface area contributed by atoms with Crippen molar-refractivity contribution in [2.24, 2.45) is 0 Å². The second-order valence-electron chi connectivity index (χ2n) is 6.61. The predicted molar refractivity (Wildman–Crippen MR) is 122 cm³/mol. The molecule has 0 bridgehead atoms. The van der Waals surface area contributed by atoms with Crippen LogP contribution in [0.15, 0.2) is 60.7 Å². The Morgan fingerprint density at radius 2 is 1.74 bits per heavy atom. The zero-order valence-corrected chi connectivity index (χ0v) is 17.7. The number of aromatic nitrogens is 1. The summed E-state index contributed by atoms with van der Waals surface area (Å²) in [6, 6.07) is 17.9. The van der Waals surface area contributed by atoms with Crippen molar-refractivity contribution in [1.82, 2.24) is 4.98 Å². The minimum absolute atomic E-state index is 0.262. The van der Waals surface area contributed by atoms with E-state index < -0.39 is 11.9 Å². The van der Waals surface area contributed by atoms with Crippen molar-refractivity contribution >= 4 is 44.8 Å². The Balaban J connectivity index is 1.66. The van der Waals surface area contributed by atoms with Gasteiger partial charge < -0.3 is 20.5 Å². The number of pyridine rings is 1. The molecule has 0 unspecified atom stereocenters. The number of benzene rings is 2. The number of nitrogens with two attached hydrogens (primary N) is 1. The van der Waals surface area contributed by atoms with Crippen LogP contribution in [0.5, 0.6) is 5.75 Å². The van der Waals surface area contributed by atoms with Gasteiger partial charge in [0.05, 0.1) is 36.9 Å². The summed E-state index contributed by atoms with van der Waals surface area (Å²) < 4.78 is 9.97. The molecule has 7 nitrogen and oxygen atoms in total. The van der Waals surface area contributed by atoms with Crippen molar-refractivity contribution in [2.45, 2.75) is 0 Å². The number of hydrogen-bond donors (Lipinski definition) is 2. The summed E-state index contributed by atoms with van der Waals surface area (Å²) in [6.07, 6.45) is 0. The smallest absolute Gasteiger partial charge is 0.339 e. The fourth-order valence-corrected chi connectivity index (χ4v) is 4.14. The Hall–Kier alpha value is -3.91. The molecular formula is C23H19N3O4S. The average molecular weight is 433 g/mol. The number of nitrogen functional groups attached to an aromatic ring is 1. The molecule has 0 aliphatic carbocycles. The summed E-state index contributed by atoms with van der Waals surface area (Å²) in [4.78, 5) is 30.5. The number of ether oxygens (including phenoxy) is 2. The lowest BCUT2D eigenvalue weighted by molar-refractivity contribution is 0.0602. The number of esters is 1. The Bertz CT molecular complexity index is 1280. The van der Waals surface area contributed by atoms with Gasteiger partial charge in [0, 0.05) is 10.9 Å². The second kappa shape index (κ2) is 8.45. The number of para-hydroxylation sites is 1. The van der Waals surface area contributed by atoms with E-state index in [1.54, 1.807) is 31.4 Å². The van der Waals surface area contributed by atoms with E-state index in [1.165, 1.54) is 18.4 Å². The van der Waals surface area contributed by atoms with Crippen LogP contribution in [-0.4, -0.2) is 31.1 Å². The molecule has 0 saturated heterocycles. The van der Waals surface area contributed by atoms with Crippen LogP contribution in [0.2, 0.25) is 0 Å². The number of carbonyl (C=O) groups is 2. The minimum atomic E-state index is -0.536. The Morgan fingerprint density at radius 1 is 1.00 bits per heavy atom. The highest BCUT2D eigenvalue weighted by molar-refractivity contribution is 7.21. The molecule has 0 atom stereocenters. The molecular weight excluding hydrogens is 414 g/mol. The normalized spacial score (nSPS) is 10.6. The van der Waals surface area contributed by atoms with E-state index in [9.17, 15) is 9.59 Å². The summed E-state index contributed by atoms with van der Waals surface area (Å²) in [6.45, 7) is 0. The molecule has 2 heterocycles. The molecule has 0 radical (unpaired) electrons. The number of thiophene rings is 1. The van der Waals surface area contributed by atoms with Crippen LogP contribution in [0.1, 0.15) is 20.0 Å². The first kappa shape index (κ1) is 20.4. The van der Waals surface area contributed by atoms with Gasteiger partial charge >= 0.3 is 5.97 Å². The van der Waals surface area contributed by atoms with E-state index in [4.69, 9.17) is 15.2 Å². The molecule has 31 heavy (non-hydrogen) atoms. The number of rotatable bonds is 5. The summed E-state index contributed by atoms with van der Waals surface area (Å²) in [7, 11) is 2.90. The molecule has 0 aliphatic heterocycles. The highest BCUT2D eigenvalue weighted by Crippen LogP contribution is 2.35. The van der Waals surface area contributed by atoms with Crippen LogP contribution in [-0.2, 0) is 4.74 Å². The Kier molecular flexibility index (Phi) is 5.55. The zero-order valence-electron chi connectivity index (χ0n) is 16.8. The maximum Gasteiger partial charge on any atom is 0.339 e. The zero-order chi connectivity index (χ0) is 22.0. The van der Waals surface area contributed by atoms with Gasteiger partial charge in [-0.15, -0.1) is 11.3 Å². The third-order valence-electron chi connectivity index (χ3n) is 4.77. The second-order valence-corrected chi connectivity index (χ2v) is 7.61. The van der Waals surface area contributed by atoms with Gasteiger partial charge in [0.15, 0.2) is 0 Å². The van der Waals surface area contributed by atoms with Crippen molar-refractivity contribution < 1.29 is 19.1 Å². The number of nitrogens with one attached hydrogen (secondary N) is 1. The minimum Gasteiger partial charge on any atom is -0.497 e. The van der Waals surface area contributed by atoms with Gasteiger partial charge in [-0.05, 0) is 48.5 Å². The van der Waals surface area contributed by atoms with Crippen molar-refractivity contribution in [3.8, 4) is 17.0 Å². The standard InChI is InChI=1S/C23H19N3O4S/c1-29-14-9-7-13(8-10-14)17-12-11-16-19(24)20(31-22(16)26-17)21(27)25-18-6-4-3-5-15(18)23(28)30-2/h3-12H,24H2,1-2H3,(H,25,27). The van der Waals surface area contributed by atoms with Gasteiger partial charge in [0.25, 0.3) is 5.91 Å². The largest absolute Gasteiger partial charge is 0.497 e. The highest BCUT2D eigenvalue weighted by Gasteiger charge is 2.20. The Morgan fingerprint density at radius 3 is 2.45 bits per heavy atom. The van der Waals surface area contributed by atoms with Crippen LogP contribution in [0, 0.1) is 0 Å². The lowest BCUT2D eigenvalue weighted by Gasteiger charge is -2.09. The van der Waals surface area contributed by atoms with Crippen LogP contribution in [0.4, 0.5) is 11.4 Å². The number of hydrogen-bond acceptors (Lipinski definition) is 7. The molecule has 4 rings (SSSR count). The van der Waals surface area contributed by atoms with Crippen molar-refractivity contribution in [2.75, 3.05) is 25.3 Å². The predicted octanol–water partition coefficient (Wildman–Crippen LogP) is 4.59. The average Bonchev–Trinajstić information content (AvgIpc) is 3.15. The van der Waals surface area contributed by atoms with Gasteiger partial charge in [0.2, 0.25) is 0 Å². The summed E-state index contributed by atoms with van der Waals surface area (Å²) in [5, 5.41) is 3.45. The van der Waals surface area contributed by atoms with Crippen LogP contribution in [0.25, 0.3) is 21.5 Å². The first-order valence-electron chi connectivity index (χ1n) is 9.34. The van der Waals surface area contributed by atoms with Gasteiger partial charge in [-0.1, -0.05) is 12.1 Å². The SMILES string of the molecule is COC(=O)c1ccccc1NC(=O)c1sc2nc(-c3ccc(OC)cc3)ccc2c1N. The monoisotopic (exact) mass is 433 g/mol. The first-order valence-corrected chi connectivity index (χ1v) is 10.2. The number of amides is 1. The Labute approximate surface area is 182 Å². The number of anilines is 2. The van der Waals surface area contributed by atoms with E-state index in [0.717, 1.165) is 17.0 Å². The van der Waals surface area contributed by atoms with Gasteiger partial charge in [-0.25, -0.2) is 9.78 Å². The van der Waals surface area contributed by atoms with Gasteiger partial charge in [-0.3, -0.25) is 4.79 Å². The summed E-state index contributed by atoms with van der Waals surface area (Å²) in [5.41, 5.74) is 8.89. The molecule has 0 aliphatic rings. The van der Waals surface area contributed by atoms with Crippen LogP contribution in [0.3, 0.4) is 0 Å². The molecule has 0 spiro atoms. The molecule has 2 aromatic carbocycles. The first-order chi connectivity index (χ1) is 15.0. The lowest BCUT2D eigenvalue weighted by Crippen LogP contribution is -2.15. The number of carbonyl (C=O) groups excluding carboxylic acids is 2. The van der Waals surface area contributed by atoms with Crippen molar-refractivity contribution in [3.05, 3.63) is 71.1 Å². The van der Waals surface area contributed by atoms with Crippen molar-refractivity contribution in [1.29, 1.82) is 0 Å². The maximum absolute atomic E-state index is 12.9. The molecule has 3 N–H and O–H groups in total. The molecule has 156 valence electrons. The van der Waals surface area contributed by atoms with Crippen molar-refractivity contribution in [3.63, 3.8) is 0 Å². The molecule has 0 saturated carbocycles. The van der Waals surface area contributed by atoms with E-state index in [-0.39, 0.29) is 5.56 Å².